The highest BCUT2D eigenvalue weighted by Crippen LogP contribution is 2.21. The quantitative estimate of drug-likeness (QED) is 0.904. The predicted molar refractivity (Wildman–Crippen MR) is 80.1 cm³/mol. The van der Waals surface area contributed by atoms with Crippen molar-refractivity contribution >= 4 is 46.3 Å². The Bertz CT molecular complexity index is 687. The number of benzene rings is 1. The Morgan fingerprint density at radius 1 is 1.33 bits per heavy atom. The van der Waals surface area contributed by atoms with Crippen molar-refractivity contribution in [2.24, 2.45) is 0 Å². The van der Waals surface area contributed by atoms with E-state index in [0.717, 1.165) is 17.0 Å². The molecule has 2 heterocycles. The van der Waals surface area contributed by atoms with Crippen LogP contribution in [-0.2, 0) is 0 Å². The predicted octanol–water partition coefficient (Wildman–Crippen LogP) is 1.97. The van der Waals surface area contributed by atoms with Crippen molar-refractivity contribution in [2.75, 3.05) is 23.3 Å². The Morgan fingerprint density at radius 2 is 2.10 bits per heavy atom. The molecule has 21 heavy (non-hydrogen) atoms. The molecule has 1 aromatic heterocycles. The molecule has 2 aromatic rings. The van der Waals surface area contributed by atoms with Gasteiger partial charge >= 0.3 is 6.03 Å². The van der Waals surface area contributed by atoms with E-state index in [4.69, 9.17) is 11.6 Å². The van der Waals surface area contributed by atoms with E-state index in [1.54, 1.807) is 29.2 Å². The average Bonchev–Trinajstić information content (AvgIpc) is 3.08. The van der Waals surface area contributed by atoms with Gasteiger partial charge in [-0.3, -0.25) is 9.69 Å². The Hall–Kier alpha value is -2.19. The summed E-state index contributed by atoms with van der Waals surface area (Å²) in [5.74, 6) is -0.369. The van der Waals surface area contributed by atoms with Gasteiger partial charge in [0.05, 0.1) is 0 Å². The third-order valence-electron chi connectivity index (χ3n) is 2.89. The molecule has 2 N–H and O–H groups in total. The van der Waals surface area contributed by atoms with Crippen molar-refractivity contribution in [3.63, 3.8) is 0 Å². The highest BCUT2D eigenvalue weighted by molar-refractivity contribution is 7.17. The smallest absolute Gasteiger partial charge is 0.321 e. The van der Waals surface area contributed by atoms with Gasteiger partial charge in [0, 0.05) is 24.5 Å². The second-order valence-electron chi connectivity index (χ2n) is 4.24. The summed E-state index contributed by atoms with van der Waals surface area (Å²) in [6.07, 6.45) is 0. The first-order chi connectivity index (χ1) is 10.1. The lowest BCUT2D eigenvalue weighted by Gasteiger charge is -2.14. The van der Waals surface area contributed by atoms with Crippen LogP contribution in [-0.4, -0.2) is 35.2 Å². The van der Waals surface area contributed by atoms with Crippen LogP contribution < -0.4 is 15.5 Å². The molecule has 1 aliphatic rings. The standard InChI is InChI=1S/C12H10ClN5O2S/c13-11-17-16-10(21-11)9(19)15-7-1-3-8(4-2-7)18-6-5-14-12(18)20/h1-4H,5-6H2,(H,14,20)(H,15,19). The molecule has 1 aromatic carbocycles. The van der Waals surface area contributed by atoms with E-state index in [1.165, 1.54) is 0 Å². The molecule has 108 valence electrons. The molecule has 0 radical (unpaired) electrons. The Morgan fingerprint density at radius 3 is 2.67 bits per heavy atom. The van der Waals surface area contributed by atoms with Gasteiger partial charge in [0.25, 0.3) is 5.91 Å². The minimum atomic E-state index is -0.369. The number of aromatic nitrogens is 2. The Kier molecular flexibility index (Phi) is 3.72. The van der Waals surface area contributed by atoms with Crippen LogP contribution in [0.4, 0.5) is 16.2 Å². The number of anilines is 2. The van der Waals surface area contributed by atoms with Crippen molar-refractivity contribution in [1.29, 1.82) is 0 Å². The molecular weight excluding hydrogens is 314 g/mol. The van der Waals surface area contributed by atoms with E-state index in [0.29, 0.717) is 18.8 Å². The highest BCUT2D eigenvalue weighted by Gasteiger charge is 2.21. The van der Waals surface area contributed by atoms with Gasteiger partial charge in [-0.05, 0) is 35.9 Å². The number of amides is 3. The minimum absolute atomic E-state index is 0.115. The van der Waals surface area contributed by atoms with Gasteiger partial charge in [0.15, 0.2) is 0 Å². The van der Waals surface area contributed by atoms with Crippen LogP contribution in [0.15, 0.2) is 24.3 Å². The van der Waals surface area contributed by atoms with Gasteiger partial charge in [-0.1, -0.05) is 11.3 Å². The molecule has 0 atom stereocenters. The number of carbonyl (C=O) groups is 2. The number of carbonyl (C=O) groups excluding carboxylic acids is 2. The highest BCUT2D eigenvalue weighted by atomic mass is 35.5. The summed E-state index contributed by atoms with van der Waals surface area (Å²) in [6.45, 7) is 1.27. The van der Waals surface area contributed by atoms with Crippen molar-refractivity contribution in [2.45, 2.75) is 0 Å². The zero-order valence-electron chi connectivity index (χ0n) is 10.7. The monoisotopic (exact) mass is 323 g/mol. The number of hydrogen-bond donors (Lipinski definition) is 2. The lowest BCUT2D eigenvalue weighted by Crippen LogP contribution is -2.27. The van der Waals surface area contributed by atoms with Crippen molar-refractivity contribution in [3.05, 3.63) is 33.7 Å². The van der Waals surface area contributed by atoms with E-state index in [9.17, 15) is 9.59 Å². The molecule has 3 amide bonds. The van der Waals surface area contributed by atoms with Crippen molar-refractivity contribution in [3.8, 4) is 0 Å². The van der Waals surface area contributed by atoms with Crippen molar-refractivity contribution < 1.29 is 9.59 Å². The summed E-state index contributed by atoms with van der Waals surface area (Å²) in [5, 5.41) is 12.9. The van der Waals surface area contributed by atoms with Gasteiger partial charge in [0.1, 0.15) is 0 Å². The van der Waals surface area contributed by atoms with Crippen LogP contribution in [0.25, 0.3) is 0 Å². The van der Waals surface area contributed by atoms with Crippen LogP contribution >= 0.6 is 22.9 Å². The summed E-state index contributed by atoms with van der Waals surface area (Å²) in [4.78, 5) is 25.1. The molecule has 0 aliphatic carbocycles. The van der Waals surface area contributed by atoms with Crippen LogP contribution in [0.3, 0.4) is 0 Å². The lowest BCUT2D eigenvalue weighted by molar-refractivity contribution is 0.102. The van der Waals surface area contributed by atoms with Gasteiger partial charge in [-0.25, -0.2) is 4.79 Å². The molecule has 0 saturated carbocycles. The first-order valence-corrected chi connectivity index (χ1v) is 7.29. The molecular formula is C12H10ClN5O2S. The summed E-state index contributed by atoms with van der Waals surface area (Å²) < 4.78 is 0.218. The van der Waals surface area contributed by atoms with E-state index < -0.39 is 0 Å². The van der Waals surface area contributed by atoms with Crippen LogP contribution in [0.5, 0.6) is 0 Å². The number of urea groups is 1. The van der Waals surface area contributed by atoms with E-state index in [2.05, 4.69) is 20.8 Å². The number of nitrogens with zero attached hydrogens (tertiary/aromatic N) is 3. The van der Waals surface area contributed by atoms with Gasteiger partial charge in [-0.15, -0.1) is 10.2 Å². The maximum atomic E-state index is 11.9. The first-order valence-electron chi connectivity index (χ1n) is 6.09. The van der Waals surface area contributed by atoms with Crippen LogP contribution in [0.1, 0.15) is 9.80 Å². The summed E-state index contributed by atoms with van der Waals surface area (Å²) >= 11 is 6.65. The largest absolute Gasteiger partial charge is 0.336 e. The number of halogens is 1. The van der Waals surface area contributed by atoms with Crippen LogP contribution in [0.2, 0.25) is 4.47 Å². The van der Waals surface area contributed by atoms with Crippen molar-refractivity contribution in [1.82, 2.24) is 15.5 Å². The molecule has 3 rings (SSSR count). The normalized spacial score (nSPS) is 14.1. The van der Waals surface area contributed by atoms with E-state index in [-0.39, 0.29) is 21.4 Å². The molecule has 7 nitrogen and oxygen atoms in total. The number of hydrogen-bond acceptors (Lipinski definition) is 5. The molecule has 0 unspecified atom stereocenters. The summed E-state index contributed by atoms with van der Waals surface area (Å²) in [6, 6.07) is 6.87. The Labute approximate surface area is 128 Å². The fraction of sp³-hybridized carbons (Fsp3) is 0.167. The third-order valence-corrected chi connectivity index (χ3v) is 3.91. The summed E-state index contributed by atoms with van der Waals surface area (Å²) in [5.41, 5.74) is 1.39. The minimum Gasteiger partial charge on any atom is -0.336 e. The second-order valence-corrected chi connectivity index (χ2v) is 5.80. The maximum absolute atomic E-state index is 11.9. The molecule has 1 saturated heterocycles. The molecule has 1 fully saturated rings. The molecule has 9 heteroatoms. The fourth-order valence-electron chi connectivity index (χ4n) is 1.92. The zero-order valence-corrected chi connectivity index (χ0v) is 12.2. The Balaban J connectivity index is 1.69. The SMILES string of the molecule is O=C(Nc1ccc(N2CCNC2=O)cc1)c1nnc(Cl)s1. The topological polar surface area (TPSA) is 87.2 Å². The lowest BCUT2D eigenvalue weighted by atomic mass is 10.2. The fourth-order valence-corrected chi connectivity index (χ4v) is 2.65. The third kappa shape index (κ3) is 2.96. The van der Waals surface area contributed by atoms with Gasteiger partial charge in [0.2, 0.25) is 9.47 Å². The van der Waals surface area contributed by atoms with Gasteiger partial charge < -0.3 is 10.6 Å². The maximum Gasteiger partial charge on any atom is 0.321 e. The average molecular weight is 324 g/mol. The van der Waals surface area contributed by atoms with E-state index in [1.807, 2.05) is 0 Å². The van der Waals surface area contributed by atoms with Crippen LogP contribution in [0, 0.1) is 0 Å². The zero-order chi connectivity index (χ0) is 14.8. The number of rotatable bonds is 3. The summed E-state index contributed by atoms with van der Waals surface area (Å²) in [7, 11) is 0. The molecule has 1 aliphatic heterocycles. The number of nitrogens with one attached hydrogen (secondary N) is 2. The first kappa shape index (κ1) is 13.8. The molecule has 0 spiro atoms. The molecule has 0 bridgehead atoms. The second kappa shape index (κ2) is 5.66. The van der Waals surface area contributed by atoms with E-state index >= 15 is 0 Å². The van der Waals surface area contributed by atoms with Gasteiger partial charge in [-0.2, -0.15) is 0 Å².